The van der Waals surface area contributed by atoms with E-state index in [0.29, 0.717) is 23.0 Å². The van der Waals surface area contributed by atoms with Crippen molar-refractivity contribution in [2.24, 2.45) is 11.8 Å². The van der Waals surface area contributed by atoms with Gasteiger partial charge in [0.15, 0.2) is 0 Å². The van der Waals surface area contributed by atoms with E-state index in [-0.39, 0.29) is 18.6 Å². The first-order valence-corrected chi connectivity index (χ1v) is 7.52. The lowest BCUT2D eigenvalue weighted by atomic mass is 9.93. The molecule has 21 heavy (non-hydrogen) atoms. The first-order valence-electron chi connectivity index (χ1n) is 7.52. The van der Waals surface area contributed by atoms with Crippen molar-refractivity contribution in [1.82, 2.24) is 10.3 Å². The molecule has 1 fully saturated rings. The second-order valence-corrected chi connectivity index (χ2v) is 5.57. The van der Waals surface area contributed by atoms with Gasteiger partial charge in [0.05, 0.1) is 11.1 Å². The van der Waals surface area contributed by atoms with Gasteiger partial charge in [0.1, 0.15) is 6.61 Å². The van der Waals surface area contributed by atoms with E-state index >= 15 is 0 Å². The quantitative estimate of drug-likeness (QED) is 0.835. The molecule has 0 aliphatic heterocycles. The highest BCUT2D eigenvalue weighted by atomic mass is 16.2. The summed E-state index contributed by atoms with van der Waals surface area (Å²) in [6.45, 7) is 4.19. The van der Waals surface area contributed by atoms with E-state index in [1.165, 1.54) is 6.42 Å². The smallest absolute Gasteiger partial charge is 0.252 e. The van der Waals surface area contributed by atoms with Gasteiger partial charge in [-0.2, -0.15) is 0 Å². The average Bonchev–Trinajstić information content (AvgIpc) is 2.85. The van der Waals surface area contributed by atoms with Crippen molar-refractivity contribution < 1.29 is 9.90 Å². The van der Waals surface area contributed by atoms with E-state index in [2.05, 4.69) is 36.0 Å². The van der Waals surface area contributed by atoms with Crippen LogP contribution in [0.3, 0.4) is 0 Å². The number of nitrogens with one attached hydrogen (secondary N) is 1. The van der Waals surface area contributed by atoms with Gasteiger partial charge in [0.2, 0.25) is 0 Å². The van der Waals surface area contributed by atoms with Crippen LogP contribution in [-0.4, -0.2) is 28.6 Å². The maximum absolute atomic E-state index is 12.5. The maximum atomic E-state index is 12.5. The van der Waals surface area contributed by atoms with Gasteiger partial charge in [-0.25, -0.2) is 0 Å². The Morgan fingerprint density at radius 2 is 2.33 bits per heavy atom. The van der Waals surface area contributed by atoms with Crippen molar-refractivity contribution in [2.45, 2.75) is 39.2 Å². The Bertz CT molecular complexity index is 559. The first kappa shape index (κ1) is 15.5. The highest BCUT2D eigenvalue weighted by Gasteiger charge is 2.32. The van der Waals surface area contributed by atoms with Gasteiger partial charge < -0.3 is 10.4 Å². The van der Waals surface area contributed by atoms with E-state index in [9.17, 15) is 4.79 Å². The van der Waals surface area contributed by atoms with E-state index in [0.717, 1.165) is 12.8 Å². The Labute approximate surface area is 126 Å². The largest absolute Gasteiger partial charge is 0.384 e. The zero-order chi connectivity index (χ0) is 15.2. The molecule has 0 spiro atoms. The molecule has 0 saturated heterocycles. The summed E-state index contributed by atoms with van der Waals surface area (Å²) in [5.41, 5.74) is 1.08. The van der Waals surface area contributed by atoms with Gasteiger partial charge in [-0.1, -0.05) is 32.1 Å². The van der Waals surface area contributed by atoms with Crippen LogP contribution >= 0.6 is 0 Å². The molecular weight excluding hydrogens is 264 g/mol. The molecule has 1 aromatic rings. The number of amides is 1. The minimum atomic E-state index is -0.228. The number of nitrogens with zero attached hydrogens (tertiary/aromatic N) is 1. The molecule has 0 radical (unpaired) electrons. The van der Waals surface area contributed by atoms with Crippen LogP contribution in [0.15, 0.2) is 18.5 Å². The molecule has 3 atom stereocenters. The standard InChI is InChI=1S/C17H22N2O2/c1-3-13-6-7-16(12(13)2)19-17(21)15-8-9-18-11-14(15)5-4-10-20/h8-9,11-13,16,20H,3,6-7,10H2,1-2H3,(H,19,21). The molecule has 4 heteroatoms. The molecule has 1 aliphatic carbocycles. The van der Waals surface area contributed by atoms with Gasteiger partial charge in [0.25, 0.3) is 5.91 Å². The van der Waals surface area contributed by atoms with Crippen molar-refractivity contribution in [3.8, 4) is 11.8 Å². The van der Waals surface area contributed by atoms with E-state index in [1.807, 2.05) is 0 Å². The number of aliphatic hydroxyl groups excluding tert-OH is 1. The second kappa shape index (κ2) is 7.24. The highest BCUT2D eigenvalue weighted by molar-refractivity contribution is 5.96. The summed E-state index contributed by atoms with van der Waals surface area (Å²) in [5, 5.41) is 11.9. The average molecular weight is 286 g/mol. The van der Waals surface area contributed by atoms with Crippen LogP contribution in [0.4, 0.5) is 0 Å². The maximum Gasteiger partial charge on any atom is 0.252 e. The SMILES string of the molecule is CCC1CCC(NC(=O)c2ccncc2C#CCO)C1C. The number of rotatable bonds is 3. The van der Waals surface area contributed by atoms with Crippen LogP contribution in [0.25, 0.3) is 0 Å². The summed E-state index contributed by atoms with van der Waals surface area (Å²) in [4.78, 5) is 16.4. The Morgan fingerprint density at radius 1 is 1.52 bits per heavy atom. The molecule has 0 bridgehead atoms. The van der Waals surface area contributed by atoms with E-state index in [1.54, 1.807) is 18.5 Å². The van der Waals surface area contributed by atoms with Crippen molar-refractivity contribution >= 4 is 5.91 Å². The zero-order valence-electron chi connectivity index (χ0n) is 12.6. The Hall–Kier alpha value is -1.86. The molecule has 112 valence electrons. The fourth-order valence-corrected chi connectivity index (χ4v) is 3.10. The van der Waals surface area contributed by atoms with Gasteiger partial charge in [0, 0.05) is 18.4 Å². The lowest BCUT2D eigenvalue weighted by Crippen LogP contribution is -2.37. The van der Waals surface area contributed by atoms with Gasteiger partial charge in [-0.15, -0.1) is 0 Å². The lowest BCUT2D eigenvalue weighted by Gasteiger charge is -2.21. The summed E-state index contributed by atoms with van der Waals surface area (Å²) >= 11 is 0. The second-order valence-electron chi connectivity index (χ2n) is 5.57. The minimum Gasteiger partial charge on any atom is -0.384 e. The highest BCUT2D eigenvalue weighted by Crippen LogP contribution is 2.34. The molecule has 1 heterocycles. The zero-order valence-corrected chi connectivity index (χ0v) is 12.6. The summed E-state index contributed by atoms with van der Waals surface area (Å²) in [7, 11) is 0. The van der Waals surface area contributed by atoms with Crippen LogP contribution < -0.4 is 5.32 Å². The number of aromatic nitrogens is 1. The van der Waals surface area contributed by atoms with Crippen LogP contribution in [0.5, 0.6) is 0 Å². The Balaban J connectivity index is 2.11. The van der Waals surface area contributed by atoms with Gasteiger partial charge in [-0.3, -0.25) is 9.78 Å². The third-order valence-corrected chi connectivity index (χ3v) is 4.44. The molecule has 1 amide bonds. The number of hydrogen-bond acceptors (Lipinski definition) is 3. The van der Waals surface area contributed by atoms with Crippen LogP contribution in [0, 0.1) is 23.7 Å². The summed E-state index contributed by atoms with van der Waals surface area (Å²) in [6, 6.07) is 1.91. The molecule has 1 aliphatic rings. The first-order chi connectivity index (χ1) is 10.2. The topological polar surface area (TPSA) is 62.2 Å². The van der Waals surface area contributed by atoms with Crippen molar-refractivity contribution in [3.63, 3.8) is 0 Å². The van der Waals surface area contributed by atoms with E-state index < -0.39 is 0 Å². The molecular formula is C17H22N2O2. The van der Waals surface area contributed by atoms with Crippen LogP contribution in [0.1, 0.15) is 49.0 Å². The Kier molecular flexibility index (Phi) is 5.35. The predicted molar refractivity (Wildman–Crippen MR) is 81.6 cm³/mol. The van der Waals surface area contributed by atoms with Crippen LogP contribution in [0.2, 0.25) is 0 Å². The molecule has 3 unspecified atom stereocenters. The van der Waals surface area contributed by atoms with Crippen molar-refractivity contribution in [1.29, 1.82) is 0 Å². The molecule has 1 aromatic heterocycles. The van der Waals surface area contributed by atoms with Crippen LogP contribution in [-0.2, 0) is 0 Å². The van der Waals surface area contributed by atoms with Crippen molar-refractivity contribution in [3.05, 3.63) is 29.6 Å². The number of carbonyl (C=O) groups excluding carboxylic acids is 1. The molecule has 2 N–H and O–H groups in total. The number of hydrogen-bond donors (Lipinski definition) is 2. The number of aliphatic hydroxyl groups is 1. The van der Waals surface area contributed by atoms with Gasteiger partial charge >= 0.3 is 0 Å². The molecule has 1 saturated carbocycles. The third kappa shape index (κ3) is 3.62. The number of pyridine rings is 1. The molecule has 4 nitrogen and oxygen atoms in total. The lowest BCUT2D eigenvalue weighted by molar-refractivity contribution is 0.0926. The molecule has 0 aromatic carbocycles. The Morgan fingerprint density at radius 3 is 3.00 bits per heavy atom. The summed E-state index contributed by atoms with van der Waals surface area (Å²) in [6.07, 6.45) is 6.52. The summed E-state index contributed by atoms with van der Waals surface area (Å²) in [5.74, 6) is 6.44. The normalized spacial score (nSPS) is 24.2. The number of carbonyl (C=O) groups is 1. The summed E-state index contributed by atoms with van der Waals surface area (Å²) < 4.78 is 0. The fourth-order valence-electron chi connectivity index (χ4n) is 3.10. The monoisotopic (exact) mass is 286 g/mol. The van der Waals surface area contributed by atoms with E-state index in [4.69, 9.17) is 5.11 Å². The van der Waals surface area contributed by atoms with Gasteiger partial charge in [-0.05, 0) is 30.7 Å². The fraction of sp³-hybridized carbons (Fsp3) is 0.529. The van der Waals surface area contributed by atoms with Crippen molar-refractivity contribution in [2.75, 3.05) is 6.61 Å². The molecule has 2 rings (SSSR count). The third-order valence-electron chi connectivity index (χ3n) is 4.44. The minimum absolute atomic E-state index is 0.103. The predicted octanol–water partition coefficient (Wildman–Crippen LogP) is 1.98.